The highest BCUT2D eigenvalue weighted by Crippen LogP contribution is 2.14. The van der Waals surface area contributed by atoms with Crippen molar-refractivity contribution in [3.05, 3.63) is 33.7 Å². The molecule has 0 aliphatic carbocycles. The van der Waals surface area contributed by atoms with Crippen LogP contribution in [0.25, 0.3) is 0 Å². The number of hydrogen-bond donors (Lipinski definition) is 1. The first-order valence-corrected chi connectivity index (χ1v) is 6.96. The minimum absolute atomic E-state index is 0.139. The Labute approximate surface area is 114 Å². The zero-order chi connectivity index (χ0) is 14.4. The number of nitrogens with zero attached hydrogens (tertiary/aromatic N) is 1. The highest BCUT2D eigenvalue weighted by atomic mass is 16.4. The second kappa shape index (κ2) is 7.12. The topological polar surface area (TPSA) is 59.3 Å². The van der Waals surface area contributed by atoms with Crippen molar-refractivity contribution in [2.24, 2.45) is 0 Å². The highest BCUT2D eigenvalue weighted by Gasteiger charge is 2.15. The highest BCUT2D eigenvalue weighted by molar-refractivity contribution is 5.87. The summed E-state index contributed by atoms with van der Waals surface area (Å²) in [7, 11) is 0. The maximum atomic E-state index is 12.2. The van der Waals surface area contributed by atoms with Crippen LogP contribution < -0.4 is 5.56 Å². The Kier molecular flexibility index (Phi) is 5.80. The Morgan fingerprint density at radius 3 is 2.47 bits per heavy atom. The first-order valence-electron chi connectivity index (χ1n) is 6.96. The molecule has 0 amide bonds. The molecule has 0 saturated carbocycles. The molecule has 19 heavy (non-hydrogen) atoms. The van der Waals surface area contributed by atoms with Crippen LogP contribution in [-0.4, -0.2) is 15.6 Å². The molecule has 0 unspecified atom stereocenters. The van der Waals surface area contributed by atoms with Crippen molar-refractivity contribution >= 4 is 5.97 Å². The normalized spacial score (nSPS) is 10.9. The molecule has 1 rings (SSSR count). The van der Waals surface area contributed by atoms with Gasteiger partial charge in [-0.15, -0.1) is 0 Å². The number of rotatable bonds is 7. The van der Waals surface area contributed by atoms with Crippen molar-refractivity contribution in [2.75, 3.05) is 0 Å². The lowest BCUT2D eigenvalue weighted by Gasteiger charge is -2.16. The third-order valence-corrected chi connectivity index (χ3v) is 3.27. The zero-order valence-electron chi connectivity index (χ0n) is 12.0. The molecule has 0 saturated heterocycles. The van der Waals surface area contributed by atoms with E-state index in [9.17, 15) is 9.59 Å². The molecular weight excluding hydrogens is 242 g/mol. The molecule has 1 heterocycles. The van der Waals surface area contributed by atoms with Crippen LogP contribution in [-0.2, 0) is 6.54 Å². The predicted molar refractivity (Wildman–Crippen MR) is 75.9 cm³/mol. The smallest absolute Gasteiger partial charge is 0.341 e. The van der Waals surface area contributed by atoms with Crippen LogP contribution in [0.3, 0.4) is 0 Å². The predicted octanol–water partition coefficient (Wildman–Crippen LogP) is 3.25. The fourth-order valence-electron chi connectivity index (χ4n) is 2.19. The van der Waals surface area contributed by atoms with Crippen molar-refractivity contribution in [3.8, 4) is 0 Å². The SMILES string of the molecule is CCCCCCn1c(C(C)C)ccc(C(=O)O)c1=O. The second-order valence-corrected chi connectivity index (χ2v) is 5.15. The van der Waals surface area contributed by atoms with Crippen LogP contribution in [0.2, 0.25) is 0 Å². The summed E-state index contributed by atoms with van der Waals surface area (Å²) in [6.45, 7) is 6.76. The fraction of sp³-hybridized carbons (Fsp3) is 0.600. The molecule has 0 fully saturated rings. The molecule has 1 N–H and O–H groups in total. The standard InChI is InChI=1S/C15H23NO3/c1-4-5-6-7-10-16-13(11(2)3)9-8-12(14(16)17)15(18)19/h8-9,11H,4-7,10H2,1-3H3,(H,18,19). The maximum Gasteiger partial charge on any atom is 0.341 e. The van der Waals surface area contributed by atoms with Crippen molar-refractivity contribution in [3.63, 3.8) is 0 Å². The van der Waals surface area contributed by atoms with Gasteiger partial charge in [-0.25, -0.2) is 4.79 Å². The van der Waals surface area contributed by atoms with Gasteiger partial charge in [0, 0.05) is 12.2 Å². The maximum absolute atomic E-state index is 12.2. The van der Waals surface area contributed by atoms with Crippen LogP contribution in [0.5, 0.6) is 0 Å². The summed E-state index contributed by atoms with van der Waals surface area (Å²) in [5, 5.41) is 9.02. The summed E-state index contributed by atoms with van der Waals surface area (Å²) in [6.07, 6.45) is 4.26. The van der Waals surface area contributed by atoms with Gasteiger partial charge < -0.3 is 9.67 Å². The average Bonchev–Trinajstić information content (AvgIpc) is 2.35. The molecule has 0 atom stereocenters. The minimum atomic E-state index is -1.15. The second-order valence-electron chi connectivity index (χ2n) is 5.15. The largest absolute Gasteiger partial charge is 0.477 e. The lowest BCUT2D eigenvalue weighted by atomic mass is 10.1. The number of unbranched alkanes of at least 4 members (excludes halogenated alkanes) is 3. The van der Waals surface area contributed by atoms with Crippen molar-refractivity contribution in [1.82, 2.24) is 4.57 Å². The molecule has 0 spiro atoms. The molecule has 0 aliphatic heterocycles. The third-order valence-electron chi connectivity index (χ3n) is 3.27. The van der Waals surface area contributed by atoms with E-state index in [2.05, 4.69) is 6.92 Å². The summed E-state index contributed by atoms with van der Waals surface area (Å²) in [5.74, 6) is -0.940. The van der Waals surface area contributed by atoms with Crippen LogP contribution in [0, 0.1) is 0 Å². The summed E-state index contributed by atoms with van der Waals surface area (Å²) in [4.78, 5) is 23.2. The third kappa shape index (κ3) is 3.94. The average molecular weight is 265 g/mol. The van der Waals surface area contributed by atoms with Crippen LogP contribution in [0.1, 0.15) is 68.4 Å². The zero-order valence-corrected chi connectivity index (χ0v) is 12.0. The molecular formula is C15H23NO3. The molecule has 4 nitrogen and oxygen atoms in total. The van der Waals surface area contributed by atoms with E-state index in [1.807, 2.05) is 13.8 Å². The minimum Gasteiger partial charge on any atom is -0.477 e. The molecule has 1 aromatic heterocycles. The van der Waals surface area contributed by atoms with Gasteiger partial charge in [-0.2, -0.15) is 0 Å². The Morgan fingerprint density at radius 2 is 1.95 bits per heavy atom. The summed E-state index contributed by atoms with van der Waals surface area (Å²) < 4.78 is 1.63. The summed E-state index contributed by atoms with van der Waals surface area (Å²) in [5.41, 5.74) is 0.390. The number of aromatic nitrogens is 1. The molecule has 106 valence electrons. The van der Waals surface area contributed by atoms with Crippen LogP contribution >= 0.6 is 0 Å². The van der Waals surface area contributed by atoms with Gasteiger partial charge >= 0.3 is 5.97 Å². The van der Waals surface area contributed by atoms with E-state index in [0.717, 1.165) is 31.4 Å². The van der Waals surface area contributed by atoms with Crippen molar-refractivity contribution < 1.29 is 9.90 Å². The quantitative estimate of drug-likeness (QED) is 0.770. The van der Waals surface area contributed by atoms with E-state index in [-0.39, 0.29) is 17.0 Å². The Morgan fingerprint density at radius 1 is 1.26 bits per heavy atom. The lowest BCUT2D eigenvalue weighted by Crippen LogP contribution is -2.29. The van der Waals surface area contributed by atoms with E-state index in [4.69, 9.17) is 5.11 Å². The number of hydrogen-bond acceptors (Lipinski definition) is 2. The number of pyridine rings is 1. The number of carboxylic acid groups (broad SMARTS) is 1. The lowest BCUT2D eigenvalue weighted by molar-refractivity contribution is 0.0694. The van der Waals surface area contributed by atoms with Crippen molar-refractivity contribution in [2.45, 2.75) is 58.9 Å². The van der Waals surface area contributed by atoms with Gasteiger partial charge in [0.25, 0.3) is 5.56 Å². The van der Waals surface area contributed by atoms with Gasteiger partial charge in [-0.3, -0.25) is 4.79 Å². The van der Waals surface area contributed by atoms with E-state index in [1.165, 1.54) is 6.07 Å². The van der Waals surface area contributed by atoms with Gasteiger partial charge in [-0.1, -0.05) is 40.0 Å². The molecule has 1 aromatic rings. The number of aromatic carboxylic acids is 1. The monoisotopic (exact) mass is 265 g/mol. The van der Waals surface area contributed by atoms with E-state index in [1.54, 1.807) is 10.6 Å². The van der Waals surface area contributed by atoms with Gasteiger partial charge in [-0.05, 0) is 24.5 Å². The molecule has 0 bridgehead atoms. The first-order chi connectivity index (χ1) is 8.99. The number of carboxylic acids is 1. The summed E-state index contributed by atoms with van der Waals surface area (Å²) in [6, 6.07) is 3.18. The first kappa shape index (κ1) is 15.5. The number of carbonyl (C=O) groups is 1. The van der Waals surface area contributed by atoms with Gasteiger partial charge in [0.15, 0.2) is 0 Å². The molecule has 0 aliphatic rings. The summed E-state index contributed by atoms with van der Waals surface area (Å²) >= 11 is 0. The van der Waals surface area contributed by atoms with Crippen LogP contribution in [0.4, 0.5) is 0 Å². The van der Waals surface area contributed by atoms with Gasteiger partial charge in [0.05, 0.1) is 0 Å². The Bertz CT molecular complexity index is 489. The van der Waals surface area contributed by atoms with E-state index < -0.39 is 5.97 Å². The van der Waals surface area contributed by atoms with E-state index >= 15 is 0 Å². The Hall–Kier alpha value is -1.58. The van der Waals surface area contributed by atoms with Crippen molar-refractivity contribution in [1.29, 1.82) is 0 Å². The molecule has 4 heteroatoms. The molecule has 0 aromatic carbocycles. The fourth-order valence-corrected chi connectivity index (χ4v) is 2.19. The van der Waals surface area contributed by atoms with Gasteiger partial charge in [0.1, 0.15) is 5.56 Å². The van der Waals surface area contributed by atoms with E-state index in [0.29, 0.717) is 6.54 Å². The Balaban J connectivity index is 3.05. The van der Waals surface area contributed by atoms with Gasteiger partial charge in [0.2, 0.25) is 0 Å². The molecule has 0 radical (unpaired) electrons. The van der Waals surface area contributed by atoms with Crippen LogP contribution in [0.15, 0.2) is 16.9 Å².